The zero-order chi connectivity index (χ0) is 25.9. The number of likely N-dealkylation sites (N-methyl/N-ethyl adjacent to an activating group) is 1. The molecule has 4 rings (SSSR count). The molecule has 2 N–H and O–H groups in total. The van der Waals surface area contributed by atoms with Crippen molar-refractivity contribution in [1.29, 1.82) is 0 Å². The number of anilines is 1. The van der Waals surface area contributed by atoms with E-state index in [1.807, 2.05) is 11.0 Å². The summed E-state index contributed by atoms with van der Waals surface area (Å²) >= 11 is 6.21. The summed E-state index contributed by atoms with van der Waals surface area (Å²) in [5.74, 6) is -0.923. The molecule has 1 unspecified atom stereocenters. The lowest BCUT2D eigenvalue weighted by Crippen LogP contribution is -2.43. The average molecular weight is 523 g/mol. The highest BCUT2D eigenvalue weighted by molar-refractivity contribution is 6.31. The van der Waals surface area contributed by atoms with Crippen molar-refractivity contribution in [3.05, 3.63) is 64.2 Å². The van der Waals surface area contributed by atoms with Gasteiger partial charge in [0.25, 0.3) is 0 Å². The largest absolute Gasteiger partial charge is 0.416 e. The Kier molecular flexibility index (Phi) is 8.10. The number of alkyl halides is 3. The molecule has 0 radical (unpaired) electrons. The van der Waals surface area contributed by atoms with Gasteiger partial charge in [-0.1, -0.05) is 35.9 Å². The van der Waals surface area contributed by atoms with Crippen molar-refractivity contribution in [3.8, 4) is 0 Å². The van der Waals surface area contributed by atoms with Crippen LogP contribution in [0.2, 0.25) is 5.02 Å². The molecule has 10 heteroatoms. The van der Waals surface area contributed by atoms with E-state index in [4.69, 9.17) is 11.6 Å². The number of benzene rings is 2. The molecule has 0 spiro atoms. The predicted octanol–water partition coefficient (Wildman–Crippen LogP) is 4.00. The van der Waals surface area contributed by atoms with Gasteiger partial charge in [0.1, 0.15) is 0 Å². The van der Waals surface area contributed by atoms with Crippen LogP contribution in [0.25, 0.3) is 0 Å². The predicted molar refractivity (Wildman–Crippen MR) is 133 cm³/mol. The molecular weight excluding hydrogens is 493 g/mol. The highest BCUT2D eigenvalue weighted by atomic mass is 35.5. The number of nitrogens with zero attached hydrogens (tertiary/aromatic N) is 2. The van der Waals surface area contributed by atoms with Crippen LogP contribution >= 0.6 is 11.6 Å². The maximum absolute atomic E-state index is 13.5. The number of hydrogen-bond donors (Lipinski definition) is 2. The molecule has 2 aliphatic rings. The van der Waals surface area contributed by atoms with E-state index in [0.717, 1.165) is 17.3 Å². The highest BCUT2D eigenvalue weighted by Crippen LogP contribution is 2.41. The van der Waals surface area contributed by atoms with Gasteiger partial charge in [-0.2, -0.15) is 13.2 Å². The molecule has 6 nitrogen and oxygen atoms in total. The van der Waals surface area contributed by atoms with Crippen molar-refractivity contribution >= 4 is 29.1 Å². The molecule has 2 aliphatic heterocycles. The Bertz CT molecular complexity index is 1100. The van der Waals surface area contributed by atoms with Crippen LogP contribution in [0.15, 0.2) is 42.5 Å². The molecule has 0 bridgehead atoms. The van der Waals surface area contributed by atoms with E-state index < -0.39 is 17.7 Å². The van der Waals surface area contributed by atoms with E-state index in [-0.39, 0.29) is 24.3 Å². The van der Waals surface area contributed by atoms with Gasteiger partial charge in [-0.25, -0.2) is 0 Å². The van der Waals surface area contributed by atoms with Gasteiger partial charge in [-0.15, -0.1) is 0 Å². The molecular formula is C26H30ClF3N4O2. The third kappa shape index (κ3) is 5.78. The quantitative estimate of drug-likeness (QED) is 0.540. The minimum absolute atomic E-state index is 0.0702. The number of halogens is 4. The van der Waals surface area contributed by atoms with Gasteiger partial charge in [-0.3, -0.25) is 9.59 Å². The maximum atomic E-state index is 13.5. The smallest absolute Gasteiger partial charge is 0.361 e. The lowest BCUT2D eigenvalue weighted by molar-refractivity contribution is -0.139. The standard InChI is InChI=1S/C26H30ClF3N4O2/c1-31-10-11-32-24(35)16-34-15-21(20-7-6-18(27)14-23(20)34)25(36)33-12-8-17(9-13-33)19-4-2-3-5-22(19)26(28,29)30/h2-7,14,17,21,31H,8-13,15-16H2,1H3,(H,32,35). The summed E-state index contributed by atoms with van der Waals surface area (Å²) in [5, 5.41) is 6.34. The fourth-order valence-corrected chi connectivity index (χ4v) is 5.33. The van der Waals surface area contributed by atoms with E-state index in [0.29, 0.717) is 56.2 Å². The van der Waals surface area contributed by atoms with Gasteiger partial charge in [0, 0.05) is 43.4 Å². The summed E-state index contributed by atoms with van der Waals surface area (Å²) in [6, 6.07) is 11.0. The third-order valence-electron chi connectivity index (χ3n) is 6.95. The topological polar surface area (TPSA) is 64.7 Å². The molecule has 194 valence electrons. The van der Waals surface area contributed by atoms with Gasteiger partial charge < -0.3 is 20.4 Å². The number of piperidine rings is 1. The number of likely N-dealkylation sites (tertiary alicyclic amines) is 1. The van der Waals surface area contributed by atoms with Crippen LogP contribution < -0.4 is 15.5 Å². The molecule has 0 aliphatic carbocycles. The molecule has 2 aromatic rings. The highest BCUT2D eigenvalue weighted by Gasteiger charge is 2.39. The zero-order valence-corrected chi connectivity index (χ0v) is 20.8. The molecule has 2 amide bonds. The summed E-state index contributed by atoms with van der Waals surface area (Å²) in [7, 11) is 1.80. The fraction of sp³-hybridized carbons (Fsp3) is 0.462. The first-order chi connectivity index (χ1) is 17.2. The number of carbonyl (C=O) groups is 2. The Morgan fingerprint density at radius 1 is 1.06 bits per heavy atom. The number of amides is 2. The Morgan fingerprint density at radius 3 is 2.47 bits per heavy atom. The number of fused-ring (bicyclic) bond motifs is 1. The van der Waals surface area contributed by atoms with Crippen molar-refractivity contribution < 1.29 is 22.8 Å². The van der Waals surface area contributed by atoms with Gasteiger partial charge >= 0.3 is 6.18 Å². The summed E-state index contributed by atoms with van der Waals surface area (Å²) in [6.07, 6.45) is -3.46. The van der Waals surface area contributed by atoms with Crippen molar-refractivity contribution in [1.82, 2.24) is 15.5 Å². The van der Waals surface area contributed by atoms with Crippen LogP contribution in [0, 0.1) is 0 Å². The molecule has 1 fully saturated rings. The molecule has 2 aromatic carbocycles. The Labute approximate surface area is 213 Å². The Morgan fingerprint density at radius 2 is 1.78 bits per heavy atom. The molecule has 2 heterocycles. The van der Waals surface area contributed by atoms with Crippen molar-refractivity contribution in [2.45, 2.75) is 30.9 Å². The van der Waals surface area contributed by atoms with E-state index in [1.54, 1.807) is 36.2 Å². The maximum Gasteiger partial charge on any atom is 0.416 e. The van der Waals surface area contributed by atoms with E-state index in [2.05, 4.69) is 10.6 Å². The van der Waals surface area contributed by atoms with Gasteiger partial charge in [0.05, 0.1) is 18.0 Å². The number of nitrogens with one attached hydrogen (secondary N) is 2. The number of carbonyl (C=O) groups excluding carboxylic acids is 2. The first-order valence-electron chi connectivity index (χ1n) is 12.1. The van der Waals surface area contributed by atoms with Crippen LogP contribution in [0.3, 0.4) is 0 Å². The van der Waals surface area contributed by atoms with Gasteiger partial charge in [0.2, 0.25) is 11.8 Å². The second-order valence-electron chi connectivity index (χ2n) is 9.27. The zero-order valence-electron chi connectivity index (χ0n) is 20.1. The summed E-state index contributed by atoms with van der Waals surface area (Å²) in [6.45, 7) is 2.39. The minimum atomic E-state index is -4.40. The lowest BCUT2D eigenvalue weighted by atomic mass is 9.85. The van der Waals surface area contributed by atoms with Gasteiger partial charge in [0.15, 0.2) is 0 Å². The van der Waals surface area contributed by atoms with E-state index in [1.165, 1.54) is 6.07 Å². The number of rotatable bonds is 7. The first-order valence-corrected chi connectivity index (χ1v) is 12.5. The summed E-state index contributed by atoms with van der Waals surface area (Å²) in [4.78, 5) is 29.6. The van der Waals surface area contributed by atoms with E-state index >= 15 is 0 Å². The van der Waals surface area contributed by atoms with Crippen LogP contribution in [-0.2, 0) is 15.8 Å². The average Bonchev–Trinajstić information content (AvgIpc) is 3.20. The van der Waals surface area contributed by atoms with Gasteiger partial charge in [-0.05, 0) is 55.1 Å². The second-order valence-corrected chi connectivity index (χ2v) is 9.71. The third-order valence-corrected chi connectivity index (χ3v) is 7.19. The molecule has 0 aromatic heterocycles. The van der Waals surface area contributed by atoms with Crippen molar-refractivity contribution in [2.24, 2.45) is 0 Å². The van der Waals surface area contributed by atoms with E-state index in [9.17, 15) is 22.8 Å². The molecule has 1 atom stereocenters. The van der Waals surface area contributed by atoms with Crippen LogP contribution in [0.5, 0.6) is 0 Å². The van der Waals surface area contributed by atoms with Crippen molar-refractivity contribution in [2.75, 3.05) is 51.2 Å². The summed E-state index contributed by atoms with van der Waals surface area (Å²) < 4.78 is 40.5. The fourth-order valence-electron chi connectivity index (χ4n) is 5.16. The minimum Gasteiger partial charge on any atom is -0.361 e. The van der Waals surface area contributed by atoms with Crippen LogP contribution in [0.4, 0.5) is 18.9 Å². The Balaban J connectivity index is 1.44. The normalized spacial score (nSPS) is 18.3. The molecule has 1 saturated heterocycles. The van der Waals surface area contributed by atoms with Crippen molar-refractivity contribution in [3.63, 3.8) is 0 Å². The van der Waals surface area contributed by atoms with Crippen LogP contribution in [0.1, 0.15) is 41.4 Å². The SMILES string of the molecule is CNCCNC(=O)CN1CC(C(=O)N2CCC(c3ccccc3C(F)(F)F)CC2)c2ccc(Cl)cc21. The Hall–Kier alpha value is -2.78. The second kappa shape index (κ2) is 11.1. The van der Waals surface area contributed by atoms with Crippen LogP contribution in [-0.4, -0.2) is 63.0 Å². The molecule has 0 saturated carbocycles. The summed E-state index contributed by atoms with van der Waals surface area (Å²) in [5.41, 5.74) is 1.28. The lowest BCUT2D eigenvalue weighted by Gasteiger charge is -2.34. The monoisotopic (exact) mass is 522 g/mol. The molecule has 36 heavy (non-hydrogen) atoms. The first kappa shape index (κ1) is 26.3. The number of hydrogen-bond acceptors (Lipinski definition) is 4.